The molecule has 1 heterocycles. The van der Waals surface area contributed by atoms with Gasteiger partial charge in [-0.2, -0.15) is 0 Å². The summed E-state index contributed by atoms with van der Waals surface area (Å²) in [5.41, 5.74) is 2.24. The van der Waals surface area contributed by atoms with Crippen LogP contribution in [0.15, 0.2) is 72.8 Å². The first-order chi connectivity index (χ1) is 19.2. The molecule has 1 aliphatic carbocycles. The van der Waals surface area contributed by atoms with Gasteiger partial charge >= 0.3 is 0 Å². The molecule has 0 atom stereocenters. The highest BCUT2D eigenvalue weighted by Crippen LogP contribution is 2.36. The summed E-state index contributed by atoms with van der Waals surface area (Å²) in [6.45, 7) is 1.12. The fourth-order valence-electron chi connectivity index (χ4n) is 5.77. The summed E-state index contributed by atoms with van der Waals surface area (Å²) >= 11 is 12.2. The number of nitrogens with zero attached hydrogens (tertiary/aromatic N) is 1. The van der Waals surface area contributed by atoms with Crippen LogP contribution in [0.5, 0.6) is 0 Å². The monoisotopic (exact) mass is 601 g/mol. The molecular formula is C30H33Cl2N3O4S. The highest BCUT2D eigenvalue weighted by atomic mass is 35.5. The molecule has 1 amide bonds. The molecule has 1 saturated heterocycles. The number of aliphatic hydroxyl groups excluding tert-OH is 1. The number of amides is 1. The van der Waals surface area contributed by atoms with E-state index in [1.54, 1.807) is 18.2 Å². The number of nitrogens with one attached hydrogen (secondary N) is 2. The molecule has 0 spiro atoms. The molecule has 212 valence electrons. The van der Waals surface area contributed by atoms with Crippen LogP contribution in [-0.4, -0.2) is 55.3 Å². The van der Waals surface area contributed by atoms with Gasteiger partial charge in [-0.15, -0.1) is 0 Å². The maximum Gasteiger partial charge on any atom is 0.251 e. The van der Waals surface area contributed by atoms with Crippen LogP contribution < -0.4 is 10.0 Å². The van der Waals surface area contributed by atoms with Gasteiger partial charge in [0, 0.05) is 40.3 Å². The second kappa shape index (κ2) is 12.1. The quantitative estimate of drug-likeness (QED) is 0.285. The summed E-state index contributed by atoms with van der Waals surface area (Å²) in [4.78, 5) is 15.1. The molecule has 10 heteroatoms. The Kier molecular flexibility index (Phi) is 8.73. The van der Waals surface area contributed by atoms with Gasteiger partial charge in [-0.1, -0.05) is 66.4 Å². The topological polar surface area (TPSA) is 98.7 Å². The summed E-state index contributed by atoms with van der Waals surface area (Å²) in [5.74, 6) is -0.387. The van der Waals surface area contributed by atoms with Gasteiger partial charge in [-0.25, -0.2) is 8.42 Å². The number of benzene rings is 3. The number of anilines is 1. The molecule has 7 nitrogen and oxygen atoms in total. The lowest BCUT2D eigenvalue weighted by Crippen LogP contribution is -2.51. The van der Waals surface area contributed by atoms with Gasteiger partial charge in [-0.05, 0) is 66.4 Å². The van der Waals surface area contributed by atoms with E-state index in [1.807, 2.05) is 48.5 Å². The lowest BCUT2D eigenvalue weighted by molar-refractivity contribution is 0.0813. The van der Waals surface area contributed by atoms with Crippen LogP contribution in [0.3, 0.4) is 0 Å². The number of rotatable bonds is 10. The Morgan fingerprint density at radius 3 is 2.08 bits per heavy atom. The van der Waals surface area contributed by atoms with Crippen LogP contribution in [0.4, 0.5) is 5.69 Å². The number of carbonyl (C=O) groups excluding carboxylic acids is 1. The Hall–Kier alpha value is -2.62. The minimum atomic E-state index is -3.65. The Bertz CT molecular complexity index is 1390. The van der Waals surface area contributed by atoms with E-state index in [2.05, 4.69) is 14.9 Å². The molecule has 0 aromatic heterocycles. The molecule has 0 radical (unpaired) electrons. The predicted molar refractivity (Wildman–Crippen MR) is 159 cm³/mol. The lowest BCUT2D eigenvalue weighted by Gasteiger charge is -2.44. The second-order valence-corrected chi connectivity index (χ2v) is 13.5. The number of hydrogen-bond donors (Lipinski definition) is 3. The first kappa shape index (κ1) is 28.9. The SMILES string of the molecule is O=C(NC1(CO)CCCC1)c1cccc(NS(=O)(=O)CC2CN(C(c3ccc(Cl)cc3)c3ccc(Cl)cc3)C2)c1. The van der Waals surface area contributed by atoms with E-state index in [0.29, 0.717) is 34.4 Å². The van der Waals surface area contributed by atoms with Gasteiger partial charge in [0.25, 0.3) is 5.91 Å². The maximum absolute atomic E-state index is 13.1. The summed E-state index contributed by atoms with van der Waals surface area (Å²) in [5, 5.41) is 14.1. The molecule has 3 aromatic rings. The van der Waals surface area contributed by atoms with Crippen LogP contribution in [0.2, 0.25) is 10.0 Å². The molecule has 5 rings (SSSR count). The summed E-state index contributed by atoms with van der Waals surface area (Å²) < 4.78 is 28.8. The first-order valence-electron chi connectivity index (χ1n) is 13.4. The molecule has 2 fully saturated rings. The van der Waals surface area contributed by atoms with Gasteiger partial charge in [0.15, 0.2) is 0 Å². The van der Waals surface area contributed by atoms with Gasteiger partial charge in [0.1, 0.15) is 0 Å². The Labute approximate surface area is 245 Å². The van der Waals surface area contributed by atoms with Crippen molar-refractivity contribution in [1.29, 1.82) is 0 Å². The van der Waals surface area contributed by atoms with Gasteiger partial charge in [-0.3, -0.25) is 14.4 Å². The molecule has 0 unspecified atom stereocenters. The van der Waals surface area contributed by atoms with Crippen LogP contribution in [0, 0.1) is 5.92 Å². The maximum atomic E-state index is 13.1. The van der Waals surface area contributed by atoms with Crippen molar-refractivity contribution in [3.8, 4) is 0 Å². The zero-order valence-corrected chi connectivity index (χ0v) is 24.4. The summed E-state index contributed by atoms with van der Waals surface area (Å²) in [6, 6.07) is 21.8. The van der Waals surface area contributed by atoms with Crippen LogP contribution in [-0.2, 0) is 10.0 Å². The number of carbonyl (C=O) groups is 1. The Morgan fingerprint density at radius 1 is 0.950 bits per heavy atom. The largest absolute Gasteiger partial charge is 0.394 e. The predicted octanol–water partition coefficient (Wildman–Crippen LogP) is 5.49. The summed E-state index contributed by atoms with van der Waals surface area (Å²) in [6.07, 6.45) is 3.38. The van der Waals surface area contributed by atoms with Gasteiger partial charge in [0.05, 0.1) is 23.9 Å². The number of halogens is 2. The minimum Gasteiger partial charge on any atom is -0.394 e. The summed E-state index contributed by atoms with van der Waals surface area (Å²) in [7, 11) is -3.65. The second-order valence-electron chi connectivity index (χ2n) is 10.9. The van der Waals surface area contributed by atoms with Crippen molar-refractivity contribution in [2.45, 2.75) is 37.3 Å². The highest BCUT2D eigenvalue weighted by Gasteiger charge is 2.37. The fraction of sp³-hybridized carbons (Fsp3) is 0.367. The average molecular weight is 603 g/mol. The molecule has 1 aliphatic heterocycles. The number of aliphatic hydroxyl groups is 1. The molecule has 3 aromatic carbocycles. The van der Waals surface area contributed by atoms with E-state index >= 15 is 0 Å². The Morgan fingerprint density at radius 2 is 1.52 bits per heavy atom. The number of sulfonamides is 1. The van der Waals surface area contributed by atoms with Crippen molar-refractivity contribution in [2.24, 2.45) is 5.92 Å². The van der Waals surface area contributed by atoms with E-state index in [-0.39, 0.29) is 30.2 Å². The molecular weight excluding hydrogens is 569 g/mol. The zero-order valence-electron chi connectivity index (χ0n) is 22.0. The van der Waals surface area contributed by atoms with Gasteiger partial charge in [0.2, 0.25) is 10.0 Å². The van der Waals surface area contributed by atoms with Crippen molar-refractivity contribution in [3.05, 3.63) is 99.5 Å². The molecule has 3 N–H and O–H groups in total. The van der Waals surface area contributed by atoms with E-state index in [1.165, 1.54) is 6.07 Å². The van der Waals surface area contributed by atoms with Crippen molar-refractivity contribution in [2.75, 3.05) is 30.2 Å². The zero-order chi connectivity index (χ0) is 28.3. The van der Waals surface area contributed by atoms with E-state index in [9.17, 15) is 18.3 Å². The third-order valence-electron chi connectivity index (χ3n) is 7.82. The third-order valence-corrected chi connectivity index (χ3v) is 9.78. The minimum absolute atomic E-state index is 0.0263. The molecule has 1 saturated carbocycles. The van der Waals surface area contributed by atoms with E-state index in [0.717, 1.165) is 36.8 Å². The van der Waals surface area contributed by atoms with Crippen LogP contribution >= 0.6 is 23.2 Å². The van der Waals surface area contributed by atoms with Crippen LogP contribution in [0.1, 0.15) is 53.2 Å². The average Bonchev–Trinajstić information content (AvgIpc) is 3.38. The smallest absolute Gasteiger partial charge is 0.251 e. The number of likely N-dealkylation sites (tertiary alicyclic amines) is 1. The lowest BCUT2D eigenvalue weighted by atomic mass is 9.91. The standard InChI is InChI=1S/C30H33Cl2N3O4S/c31-25-10-6-22(7-11-25)28(23-8-12-26(32)13-9-23)35-17-21(18-35)19-40(38,39)34-27-5-3-4-24(16-27)29(37)33-30(20-36)14-1-2-15-30/h3-13,16,21,28,34,36H,1-2,14-15,17-20H2,(H,33,37). The van der Waals surface area contributed by atoms with Crippen LogP contribution in [0.25, 0.3) is 0 Å². The first-order valence-corrected chi connectivity index (χ1v) is 15.9. The third kappa shape index (κ3) is 6.81. The van der Waals surface area contributed by atoms with Gasteiger partial charge < -0.3 is 10.4 Å². The van der Waals surface area contributed by atoms with Crippen molar-refractivity contribution in [3.63, 3.8) is 0 Å². The normalized spacial score (nSPS) is 17.5. The molecule has 0 bridgehead atoms. The van der Waals surface area contributed by atoms with E-state index in [4.69, 9.17) is 23.2 Å². The molecule has 2 aliphatic rings. The van der Waals surface area contributed by atoms with E-state index < -0.39 is 15.6 Å². The van der Waals surface area contributed by atoms with Crippen molar-refractivity contribution in [1.82, 2.24) is 10.2 Å². The number of hydrogen-bond acceptors (Lipinski definition) is 5. The molecule has 40 heavy (non-hydrogen) atoms. The Balaban J connectivity index is 1.22. The highest BCUT2D eigenvalue weighted by molar-refractivity contribution is 7.92. The fourth-order valence-corrected chi connectivity index (χ4v) is 7.43. The van der Waals surface area contributed by atoms with Crippen molar-refractivity contribution < 1.29 is 18.3 Å². The van der Waals surface area contributed by atoms with Crippen molar-refractivity contribution >= 4 is 44.8 Å².